The first-order valence-corrected chi connectivity index (χ1v) is 6.89. The van der Waals surface area contributed by atoms with Gasteiger partial charge in [0.2, 0.25) is 0 Å². The maximum atomic E-state index is 12.4. The minimum Gasteiger partial charge on any atom is -0.399 e. The van der Waals surface area contributed by atoms with Gasteiger partial charge in [0.1, 0.15) is 0 Å². The van der Waals surface area contributed by atoms with Gasteiger partial charge in [-0.15, -0.1) is 11.3 Å². The van der Waals surface area contributed by atoms with Crippen molar-refractivity contribution in [3.05, 3.63) is 29.1 Å². The van der Waals surface area contributed by atoms with Crippen LogP contribution in [-0.4, -0.2) is 37.6 Å². The van der Waals surface area contributed by atoms with E-state index in [0.717, 1.165) is 15.0 Å². The van der Waals surface area contributed by atoms with Gasteiger partial charge in [-0.2, -0.15) is 0 Å². The Labute approximate surface area is 116 Å². The molecule has 1 heterocycles. The molecule has 0 aliphatic carbocycles. The monoisotopic (exact) mass is 278 g/mol. The fourth-order valence-electron chi connectivity index (χ4n) is 1.89. The Balaban J connectivity index is 2.26. The molecule has 0 saturated heterocycles. The third-order valence-corrected chi connectivity index (χ3v) is 4.24. The van der Waals surface area contributed by atoms with E-state index in [1.807, 2.05) is 31.2 Å². The number of likely N-dealkylation sites (N-methyl/N-ethyl adjacent to an activating group) is 1. The van der Waals surface area contributed by atoms with Gasteiger partial charge in [0.25, 0.3) is 5.91 Å². The predicted molar refractivity (Wildman–Crippen MR) is 79.7 cm³/mol. The number of thiophene rings is 1. The summed E-state index contributed by atoms with van der Waals surface area (Å²) < 4.78 is 6.15. The minimum absolute atomic E-state index is 0.0179. The van der Waals surface area contributed by atoms with E-state index in [2.05, 4.69) is 0 Å². The van der Waals surface area contributed by atoms with Crippen LogP contribution < -0.4 is 5.73 Å². The summed E-state index contributed by atoms with van der Waals surface area (Å²) in [6, 6.07) is 7.64. The number of benzene rings is 1. The second kappa shape index (κ2) is 5.59. The largest absolute Gasteiger partial charge is 0.399 e. The molecular weight excluding hydrogens is 260 g/mol. The maximum absolute atomic E-state index is 12.4. The number of fused-ring (bicyclic) bond motifs is 1. The average Bonchev–Trinajstić information content (AvgIpc) is 2.80. The minimum atomic E-state index is 0.0179. The van der Waals surface area contributed by atoms with E-state index in [1.54, 1.807) is 19.1 Å². The SMILES string of the molecule is COCC(C)N(C)C(=O)c1cc2cc(N)ccc2s1. The van der Waals surface area contributed by atoms with Crippen LogP contribution in [0.25, 0.3) is 10.1 Å². The third kappa shape index (κ3) is 2.88. The van der Waals surface area contributed by atoms with Gasteiger partial charge in [0, 0.05) is 24.5 Å². The highest BCUT2D eigenvalue weighted by Gasteiger charge is 2.19. The summed E-state index contributed by atoms with van der Waals surface area (Å²) in [6.07, 6.45) is 0. The zero-order valence-electron chi connectivity index (χ0n) is 11.3. The van der Waals surface area contributed by atoms with Crippen molar-refractivity contribution in [1.82, 2.24) is 4.90 Å². The number of amides is 1. The summed E-state index contributed by atoms with van der Waals surface area (Å²) in [7, 11) is 3.43. The summed E-state index contributed by atoms with van der Waals surface area (Å²) in [5.41, 5.74) is 6.46. The van der Waals surface area contributed by atoms with E-state index in [0.29, 0.717) is 12.3 Å². The summed E-state index contributed by atoms with van der Waals surface area (Å²) in [4.78, 5) is 14.8. The lowest BCUT2D eigenvalue weighted by Crippen LogP contribution is -2.37. The van der Waals surface area contributed by atoms with Gasteiger partial charge in [-0.1, -0.05) is 0 Å². The van der Waals surface area contributed by atoms with Crippen molar-refractivity contribution in [2.24, 2.45) is 0 Å². The molecule has 0 spiro atoms. The van der Waals surface area contributed by atoms with Gasteiger partial charge < -0.3 is 15.4 Å². The number of nitrogens with two attached hydrogens (primary N) is 1. The molecule has 102 valence electrons. The molecular formula is C14H18N2O2S. The molecule has 1 atom stereocenters. The first kappa shape index (κ1) is 13.8. The Morgan fingerprint density at radius 1 is 1.47 bits per heavy atom. The van der Waals surface area contributed by atoms with Crippen molar-refractivity contribution < 1.29 is 9.53 Å². The summed E-state index contributed by atoms with van der Waals surface area (Å²) in [5, 5.41) is 1.01. The molecule has 0 radical (unpaired) electrons. The van der Waals surface area contributed by atoms with Crippen molar-refractivity contribution >= 4 is 33.0 Å². The number of carbonyl (C=O) groups excluding carboxylic acids is 1. The average molecular weight is 278 g/mol. The number of hydrogen-bond donors (Lipinski definition) is 1. The zero-order chi connectivity index (χ0) is 14.0. The van der Waals surface area contributed by atoms with Crippen molar-refractivity contribution in [3.8, 4) is 0 Å². The number of nitrogens with zero attached hydrogens (tertiary/aromatic N) is 1. The van der Waals surface area contributed by atoms with E-state index in [4.69, 9.17) is 10.5 Å². The lowest BCUT2D eigenvalue weighted by Gasteiger charge is -2.23. The normalized spacial score (nSPS) is 12.6. The molecule has 2 aromatic rings. The fourth-order valence-corrected chi connectivity index (χ4v) is 2.92. The Morgan fingerprint density at radius 3 is 2.89 bits per heavy atom. The molecule has 1 unspecified atom stereocenters. The molecule has 0 bridgehead atoms. The molecule has 0 saturated carbocycles. The van der Waals surface area contributed by atoms with E-state index in [9.17, 15) is 4.79 Å². The van der Waals surface area contributed by atoms with Crippen LogP contribution in [0.2, 0.25) is 0 Å². The lowest BCUT2D eigenvalue weighted by atomic mass is 10.2. The molecule has 2 N–H and O–H groups in total. The molecule has 4 nitrogen and oxygen atoms in total. The molecule has 1 aromatic heterocycles. The first-order chi connectivity index (χ1) is 9.02. The molecule has 0 fully saturated rings. The molecule has 0 aliphatic heterocycles. The van der Waals surface area contributed by atoms with Crippen LogP contribution >= 0.6 is 11.3 Å². The van der Waals surface area contributed by atoms with Crippen LogP contribution in [0, 0.1) is 0 Å². The van der Waals surface area contributed by atoms with Gasteiger partial charge in [-0.3, -0.25) is 4.79 Å². The molecule has 0 aliphatic rings. The molecule has 1 aromatic carbocycles. The zero-order valence-corrected chi connectivity index (χ0v) is 12.2. The van der Waals surface area contributed by atoms with Crippen LogP contribution in [0.1, 0.15) is 16.6 Å². The topological polar surface area (TPSA) is 55.6 Å². The Bertz CT molecular complexity index is 594. The number of carbonyl (C=O) groups is 1. The van der Waals surface area contributed by atoms with Gasteiger partial charge in [0.05, 0.1) is 17.5 Å². The lowest BCUT2D eigenvalue weighted by molar-refractivity contribution is 0.0638. The summed E-state index contributed by atoms with van der Waals surface area (Å²) in [6.45, 7) is 2.49. The highest BCUT2D eigenvalue weighted by molar-refractivity contribution is 7.20. The number of hydrogen-bond acceptors (Lipinski definition) is 4. The van der Waals surface area contributed by atoms with E-state index in [-0.39, 0.29) is 11.9 Å². The third-order valence-electron chi connectivity index (χ3n) is 3.14. The molecule has 2 rings (SSSR count). The fraction of sp³-hybridized carbons (Fsp3) is 0.357. The second-order valence-corrected chi connectivity index (χ2v) is 5.71. The van der Waals surface area contributed by atoms with Gasteiger partial charge in [-0.25, -0.2) is 0 Å². The van der Waals surface area contributed by atoms with Gasteiger partial charge in [-0.05, 0) is 36.6 Å². The molecule has 1 amide bonds. The highest BCUT2D eigenvalue weighted by Crippen LogP contribution is 2.28. The van der Waals surface area contributed by atoms with Crippen LogP contribution in [0.4, 0.5) is 5.69 Å². The van der Waals surface area contributed by atoms with Crippen LogP contribution in [0.5, 0.6) is 0 Å². The smallest absolute Gasteiger partial charge is 0.264 e. The summed E-state index contributed by atoms with van der Waals surface area (Å²) in [5.74, 6) is 0.0179. The van der Waals surface area contributed by atoms with E-state index in [1.165, 1.54) is 11.3 Å². The van der Waals surface area contributed by atoms with Crippen LogP contribution in [0.15, 0.2) is 24.3 Å². The van der Waals surface area contributed by atoms with Gasteiger partial charge >= 0.3 is 0 Å². The maximum Gasteiger partial charge on any atom is 0.264 e. The van der Waals surface area contributed by atoms with E-state index < -0.39 is 0 Å². The van der Waals surface area contributed by atoms with Crippen molar-refractivity contribution in [2.45, 2.75) is 13.0 Å². The number of ether oxygens (including phenoxy) is 1. The van der Waals surface area contributed by atoms with Crippen molar-refractivity contribution in [1.29, 1.82) is 0 Å². The number of nitrogen functional groups attached to an aromatic ring is 1. The van der Waals surface area contributed by atoms with Gasteiger partial charge in [0.15, 0.2) is 0 Å². The predicted octanol–water partition coefficient (Wildman–Crippen LogP) is 2.59. The van der Waals surface area contributed by atoms with E-state index >= 15 is 0 Å². The first-order valence-electron chi connectivity index (χ1n) is 6.08. The quantitative estimate of drug-likeness (QED) is 0.875. The Morgan fingerprint density at radius 2 is 2.21 bits per heavy atom. The second-order valence-electron chi connectivity index (χ2n) is 4.63. The molecule has 5 heteroatoms. The Kier molecular flexibility index (Phi) is 4.07. The number of rotatable bonds is 4. The number of methoxy groups -OCH3 is 1. The van der Waals surface area contributed by atoms with Crippen LogP contribution in [0.3, 0.4) is 0 Å². The van der Waals surface area contributed by atoms with Crippen LogP contribution in [-0.2, 0) is 4.74 Å². The number of anilines is 1. The highest BCUT2D eigenvalue weighted by atomic mass is 32.1. The summed E-state index contributed by atoms with van der Waals surface area (Å²) >= 11 is 1.49. The van der Waals surface area contributed by atoms with Crippen molar-refractivity contribution in [3.63, 3.8) is 0 Å². The van der Waals surface area contributed by atoms with Crippen molar-refractivity contribution in [2.75, 3.05) is 26.5 Å². The standard InChI is InChI=1S/C14H18N2O2S/c1-9(8-18-3)16(2)14(17)13-7-10-6-11(15)4-5-12(10)19-13/h4-7,9H,8,15H2,1-3H3. The Hall–Kier alpha value is -1.59. The molecule has 19 heavy (non-hydrogen) atoms.